The molecule has 4 heteroatoms. The Balaban J connectivity index is 1.46. The lowest BCUT2D eigenvalue weighted by Gasteiger charge is -2.37. The van der Waals surface area contributed by atoms with E-state index in [1.807, 2.05) is 84.9 Å². The van der Waals surface area contributed by atoms with Crippen LogP contribution >= 0.6 is 0 Å². The third kappa shape index (κ3) is 5.21. The van der Waals surface area contributed by atoms with Crippen LogP contribution in [-0.4, -0.2) is 30.2 Å². The number of benzene rings is 4. The van der Waals surface area contributed by atoms with E-state index in [9.17, 15) is 5.11 Å². The molecule has 35 heavy (non-hydrogen) atoms. The average molecular weight is 467 g/mol. The van der Waals surface area contributed by atoms with E-state index in [0.717, 1.165) is 22.3 Å². The van der Waals surface area contributed by atoms with Crippen molar-refractivity contribution in [2.24, 2.45) is 0 Å². The molecule has 0 spiro atoms. The van der Waals surface area contributed by atoms with E-state index in [2.05, 4.69) is 36.4 Å². The van der Waals surface area contributed by atoms with E-state index in [1.54, 1.807) is 0 Å². The first kappa shape index (κ1) is 23.5. The molecule has 1 heterocycles. The number of aliphatic hydroxyl groups is 1. The predicted molar refractivity (Wildman–Crippen MR) is 136 cm³/mol. The average Bonchev–Trinajstić information content (AvgIpc) is 3.29. The summed E-state index contributed by atoms with van der Waals surface area (Å²) in [6.45, 7) is 0.717. The van der Waals surface area contributed by atoms with E-state index in [0.29, 0.717) is 13.0 Å². The van der Waals surface area contributed by atoms with Gasteiger partial charge in [-0.05, 0) is 22.3 Å². The lowest BCUT2D eigenvalue weighted by atomic mass is 9.80. The van der Waals surface area contributed by atoms with Crippen molar-refractivity contribution in [2.45, 2.75) is 37.1 Å². The predicted octanol–water partition coefficient (Wildman–Crippen LogP) is 5.69. The third-order valence-electron chi connectivity index (χ3n) is 6.49. The number of ether oxygens (including phenoxy) is 3. The van der Waals surface area contributed by atoms with Gasteiger partial charge in [-0.3, -0.25) is 0 Å². The molecule has 0 aromatic heterocycles. The minimum absolute atomic E-state index is 0.259. The molecule has 0 amide bonds. The lowest BCUT2D eigenvalue weighted by molar-refractivity contribution is -0.136. The van der Waals surface area contributed by atoms with Gasteiger partial charge in [0.25, 0.3) is 0 Å². The Morgan fingerprint density at radius 3 is 1.63 bits per heavy atom. The van der Waals surface area contributed by atoms with E-state index in [4.69, 9.17) is 14.2 Å². The summed E-state index contributed by atoms with van der Waals surface area (Å²) in [5, 5.41) is 10.3. The summed E-state index contributed by atoms with van der Waals surface area (Å²) < 4.78 is 18.9. The Morgan fingerprint density at radius 2 is 1.14 bits per heavy atom. The van der Waals surface area contributed by atoms with Gasteiger partial charge in [0.15, 0.2) is 6.29 Å². The maximum Gasteiger partial charge on any atom is 0.157 e. The van der Waals surface area contributed by atoms with Crippen LogP contribution in [0.2, 0.25) is 0 Å². The zero-order valence-electron chi connectivity index (χ0n) is 19.6. The monoisotopic (exact) mass is 466 g/mol. The Morgan fingerprint density at radius 1 is 0.686 bits per heavy atom. The van der Waals surface area contributed by atoms with Crippen LogP contribution in [-0.2, 0) is 26.4 Å². The number of hydrogen-bond donors (Lipinski definition) is 1. The normalized spacial score (nSPS) is 20.1. The first-order chi connectivity index (χ1) is 17.3. The fourth-order valence-electron chi connectivity index (χ4n) is 4.77. The van der Waals surface area contributed by atoms with Gasteiger partial charge in [0.2, 0.25) is 0 Å². The second kappa shape index (κ2) is 11.0. The van der Waals surface area contributed by atoms with Gasteiger partial charge in [-0.25, -0.2) is 0 Å². The Hall–Kier alpha value is -3.28. The van der Waals surface area contributed by atoms with Gasteiger partial charge in [0.1, 0.15) is 11.7 Å². The van der Waals surface area contributed by atoms with E-state index in [-0.39, 0.29) is 12.7 Å². The summed E-state index contributed by atoms with van der Waals surface area (Å²) >= 11 is 0. The van der Waals surface area contributed by atoms with Gasteiger partial charge in [0, 0.05) is 6.42 Å². The smallest absolute Gasteiger partial charge is 0.157 e. The summed E-state index contributed by atoms with van der Waals surface area (Å²) in [7, 11) is 0. The lowest BCUT2D eigenvalue weighted by Crippen LogP contribution is -2.38. The molecular formula is C31H30O4. The Kier molecular flexibility index (Phi) is 7.36. The quantitative estimate of drug-likeness (QED) is 0.322. The Bertz CT molecular complexity index is 1070. The SMILES string of the molecule is OC1C[C@H](OCc2ccccc2)[C@@H](COC(c2ccccc2)(c2ccccc2)c2ccccc2)O1. The molecule has 1 aliphatic heterocycles. The fraction of sp³-hybridized carbons (Fsp3) is 0.226. The van der Waals surface area contributed by atoms with Crippen LogP contribution in [0, 0.1) is 0 Å². The van der Waals surface area contributed by atoms with Crippen LogP contribution in [0.1, 0.15) is 28.7 Å². The number of aliphatic hydroxyl groups excluding tert-OH is 1. The largest absolute Gasteiger partial charge is 0.371 e. The second-order valence-electron chi connectivity index (χ2n) is 8.79. The first-order valence-electron chi connectivity index (χ1n) is 12.1. The molecule has 1 fully saturated rings. The molecule has 5 rings (SSSR count). The molecule has 4 aromatic rings. The van der Waals surface area contributed by atoms with Gasteiger partial charge >= 0.3 is 0 Å². The molecule has 0 bridgehead atoms. The van der Waals surface area contributed by atoms with Gasteiger partial charge in [-0.2, -0.15) is 0 Å². The molecule has 1 N–H and O–H groups in total. The molecule has 0 radical (unpaired) electrons. The molecule has 0 aliphatic carbocycles. The van der Waals surface area contributed by atoms with Gasteiger partial charge in [0.05, 0.1) is 19.3 Å². The zero-order valence-corrected chi connectivity index (χ0v) is 19.6. The highest BCUT2D eigenvalue weighted by Gasteiger charge is 2.41. The molecule has 1 unspecified atom stereocenters. The fourth-order valence-corrected chi connectivity index (χ4v) is 4.77. The van der Waals surface area contributed by atoms with E-state index >= 15 is 0 Å². The van der Waals surface area contributed by atoms with Gasteiger partial charge < -0.3 is 19.3 Å². The first-order valence-corrected chi connectivity index (χ1v) is 12.1. The van der Waals surface area contributed by atoms with Crippen LogP contribution in [0.5, 0.6) is 0 Å². The van der Waals surface area contributed by atoms with Gasteiger partial charge in [-0.15, -0.1) is 0 Å². The maximum atomic E-state index is 10.3. The number of hydrogen-bond acceptors (Lipinski definition) is 4. The zero-order chi connectivity index (χ0) is 23.9. The van der Waals surface area contributed by atoms with Crippen molar-refractivity contribution < 1.29 is 19.3 Å². The van der Waals surface area contributed by atoms with Crippen molar-refractivity contribution in [3.05, 3.63) is 144 Å². The Labute approximate surface area is 206 Å². The van der Waals surface area contributed by atoms with E-state index in [1.165, 1.54) is 0 Å². The summed E-state index contributed by atoms with van der Waals surface area (Å²) in [6, 6.07) is 40.8. The van der Waals surface area contributed by atoms with Gasteiger partial charge in [-0.1, -0.05) is 121 Å². The molecule has 178 valence electrons. The highest BCUT2D eigenvalue weighted by atomic mass is 16.6. The molecule has 4 nitrogen and oxygen atoms in total. The van der Waals surface area contributed by atoms with Crippen molar-refractivity contribution in [1.82, 2.24) is 0 Å². The van der Waals surface area contributed by atoms with Crippen molar-refractivity contribution in [3.63, 3.8) is 0 Å². The molecule has 0 saturated carbocycles. The van der Waals surface area contributed by atoms with Crippen molar-refractivity contribution >= 4 is 0 Å². The highest BCUT2D eigenvalue weighted by Crippen LogP contribution is 2.41. The minimum atomic E-state index is -0.871. The molecule has 3 atom stereocenters. The summed E-state index contributed by atoms with van der Waals surface area (Å²) in [5.74, 6) is 0. The summed E-state index contributed by atoms with van der Waals surface area (Å²) in [6.07, 6.45) is -1.13. The van der Waals surface area contributed by atoms with Crippen LogP contribution in [0.15, 0.2) is 121 Å². The maximum absolute atomic E-state index is 10.3. The van der Waals surface area contributed by atoms with Crippen molar-refractivity contribution in [3.8, 4) is 0 Å². The molecule has 1 aliphatic rings. The minimum Gasteiger partial charge on any atom is -0.371 e. The van der Waals surface area contributed by atoms with Crippen LogP contribution < -0.4 is 0 Å². The van der Waals surface area contributed by atoms with Crippen molar-refractivity contribution in [2.75, 3.05) is 6.61 Å². The van der Waals surface area contributed by atoms with Crippen LogP contribution in [0.4, 0.5) is 0 Å². The molecule has 4 aromatic carbocycles. The van der Waals surface area contributed by atoms with Crippen molar-refractivity contribution in [1.29, 1.82) is 0 Å². The topological polar surface area (TPSA) is 47.9 Å². The third-order valence-corrected chi connectivity index (χ3v) is 6.49. The molecule has 1 saturated heterocycles. The summed E-state index contributed by atoms with van der Waals surface area (Å²) in [4.78, 5) is 0. The van der Waals surface area contributed by atoms with Crippen LogP contribution in [0.25, 0.3) is 0 Å². The number of rotatable bonds is 9. The van der Waals surface area contributed by atoms with E-state index < -0.39 is 18.0 Å². The standard InChI is InChI=1S/C31H30O4/c32-30-21-28(33-22-24-13-5-1-6-14-24)29(35-30)23-34-31(25-15-7-2-8-16-25,26-17-9-3-10-18-26)27-19-11-4-12-20-27/h1-20,28-30,32H,21-23H2/t28-,29+,30?/m0/s1. The highest BCUT2D eigenvalue weighted by molar-refractivity contribution is 5.47. The summed E-state index contributed by atoms with van der Waals surface area (Å²) in [5.41, 5.74) is 3.32. The second-order valence-corrected chi connectivity index (χ2v) is 8.79. The van der Waals surface area contributed by atoms with Crippen LogP contribution in [0.3, 0.4) is 0 Å². The molecular weight excluding hydrogens is 436 g/mol.